The smallest absolute Gasteiger partial charge is 0.287 e. The highest BCUT2D eigenvalue weighted by atomic mass is 32.2. The molecule has 6 nitrogen and oxygen atoms in total. The zero-order valence-electron chi connectivity index (χ0n) is 15.2. The fraction of sp³-hybridized carbons (Fsp3) is 0.722. The topological polar surface area (TPSA) is 79.6 Å². The maximum absolute atomic E-state index is 12.7. The normalized spacial score (nSPS) is 28.2. The van der Waals surface area contributed by atoms with Crippen molar-refractivity contribution in [3.8, 4) is 0 Å². The predicted molar refractivity (Wildman–Crippen MR) is 94.9 cm³/mol. The molecule has 1 aliphatic heterocycles. The lowest BCUT2D eigenvalue weighted by Crippen LogP contribution is -2.43. The van der Waals surface area contributed by atoms with Gasteiger partial charge in [-0.3, -0.25) is 4.79 Å². The van der Waals surface area contributed by atoms with E-state index in [1.165, 1.54) is 16.8 Å². The summed E-state index contributed by atoms with van der Waals surface area (Å²) < 4.78 is 32.4. The Morgan fingerprint density at radius 3 is 2.56 bits per heavy atom. The minimum Gasteiger partial charge on any atom is -0.455 e. The largest absolute Gasteiger partial charge is 0.455 e. The first kappa shape index (κ1) is 18.5. The predicted octanol–water partition coefficient (Wildman–Crippen LogP) is 2.93. The summed E-state index contributed by atoms with van der Waals surface area (Å²) in [5.41, 5.74) is 0. The molecular formula is C18H28N2O4S. The number of sulfonamides is 1. The van der Waals surface area contributed by atoms with Crippen molar-refractivity contribution in [3.63, 3.8) is 0 Å². The van der Waals surface area contributed by atoms with E-state index in [1.54, 1.807) is 6.92 Å². The van der Waals surface area contributed by atoms with Gasteiger partial charge in [0.1, 0.15) is 10.7 Å². The van der Waals surface area contributed by atoms with Crippen LogP contribution in [0.5, 0.6) is 0 Å². The van der Waals surface area contributed by atoms with E-state index in [4.69, 9.17) is 4.42 Å². The molecule has 1 N–H and O–H groups in total. The quantitative estimate of drug-likeness (QED) is 0.886. The van der Waals surface area contributed by atoms with Crippen molar-refractivity contribution in [1.29, 1.82) is 0 Å². The summed E-state index contributed by atoms with van der Waals surface area (Å²) in [6.45, 7) is 7.04. The fourth-order valence-electron chi connectivity index (χ4n) is 3.93. The average molecular weight is 368 g/mol. The standard InChI is InChI=1S/C18H28N2O4S/c1-12-7-6-8-15(13(12)2)19-18(21)16-11-17(14(3)24-16)25(22,23)20-9-4-5-10-20/h11-13,15H,4-10H2,1-3H3,(H,19,21). The molecule has 0 aromatic carbocycles. The highest BCUT2D eigenvalue weighted by Gasteiger charge is 2.33. The van der Waals surface area contributed by atoms with E-state index in [0.717, 1.165) is 25.7 Å². The Morgan fingerprint density at radius 1 is 1.20 bits per heavy atom. The van der Waals surface area contributed by atoms with Gasteiger partial charge in [-0.2, -0.15) is 4.31 Å². The summed E-state index contributed by atoms with van der Waals surface area (Å²) in [7, 11) is -3.58. The molecule has 2 fully saturated rings. The summed E-state index contributed by atoms with van der Waals surface area (Å²) in [6, 6.07) is 1.50. The van der Waals surface area contributed by atoms with Crippen LogP contribution in [0.2, 0.25) is 0 Å². The van der Waals surface area contributed by atoms with Crippen molar-refractivity contribution in [2.75, 3.05) is 13.1 Å². The van der Waals surface area contributed by atoms with Crippen molar-refractivity contribution < 1.29 is 17.6 Å². The monoisotopic (exact) mass is 368 g/mol. The van der Waals surface area contributed by atoms with Crippen LogP contribution in [0.25, 0.3) is 0 Å². The molecule has 1 aromatic rings. The Balaban J connectivity index is 1.76. The second-order valence-corrected chi connectivity index (χ2v) is 9.40. The lowest BCUT2D eigenvalue weighted by atomic mass is 9.78. The number of nitrogens with one attached hydrogen (secondary N) is 1. The van der Waals surface area contributed by atoms with Crippen LogP contribution < -0.4 is 5.32 Å². The van der Waals surface area contributed by atoms with E-state index < -0.39 is 10.0 Å². The molecule has 2 aliphatic rings. The molecule has 1 amide bonds. The lowest BCUT2D eigenvalue weighted by molar-refractivity contribution is 0.0861. The molecule has 0 bridgehead atoms. The van der Waals surface area contributed by atoms with Crippen molar-refractivity contribution in [3.05, 3.63) is 17.6 Å². The molecule has 2 heterocycles. The van der Waals surface area contributed by atoms with Crippen molar-refractivity contribution in [1.82, 2.24) is 9.62 Å². The molecule has 0 spiro atoms. The molecule has 1 saturated heterocycles. The Labute approximate surface area is 150 Å². The van der Waals surface area contributed by atoms with Gasteiger partial charge >= 0.3 is 0 Å². The first-order valence-electron chi connectivity index (χ1n) is 9.22. The fourth-order valence-corrected chi connectivity index (χ4v) is 5.60. The average Bonchev–Trinajstić information content (AvgIpc) is 3.21. The third kappa shape index (κ3) is 3.62. The second-order valence-electron chi connectivity index (χ2n) is 7.49. The molecule has 140 valence electrons. The molecule has 3 unspecified atom stereocenters. The molecule has 1 saturated carbocycles. The van der Waals surface area contributed by atoms with Gasteiger partial charge < -0.3 is 9.73 Å². The van der Waals surface area contributed by atoms with Crippen molar-refractivity contribution in [2.45, 2.75) is 63.8 Å². The molecule has 3 rings (SSSR count). The molecule has 0 radical (unpaired) electrons. The van der Waals surface area contributed by atoms with Gasteiger partial charge in [0.2, 0.25) is 10.0 Å². The summed E-state index contributed by atoms with van der Waals surface area (Å²) in [4.78, 5) is 12.7. The van der Waals surface area contributed by atoms with Crippen molar-refractivity contribution in [2.24, 2.45) is 11.8 Å². The Kier molecular flexibility index (Phi) is 5.25. The second kappa shape index (κ2) is 7.11. The third-order valence-electron chi connectivity index (χ3n) is 5.80. The lowest BCUT2D eigenvalue weighted by Gasteiger charge is -2.34. The molecule has 7 heteroatoms. The van der Waals surface area contributed by atoms with E-state index in [9.17, 15) is 13.2 Å². The number of amides is 1. The minimum absolute atomic E-state index is 0.0840. The highest BCUT2D eigenvalue weighted by molar-refractivity contribution is 7.89. The van der Waals surface area contributed by atoms with E-state index in [1.807, 2.05) is 0 Å². The van der Waals surface area contributed by atoms with Gasteiger partial charge in [-0.05, 0) is 38.0 Å². The summed E-state index contributed by atoms with van der Waals surface area (Å²) in [5, 5.41) is 3.04. The number of rotatable bonds is 4. The van der Waals surface area contributed by atoms with Gasteiger partial charge in [-0.1, -0.05) is 26.7 Å². The summed E-state index contributed by atoms with van der Waals surface area (Å²) in [5.74, 6) is 1.02. The van der Waals surface area contributed by atoms with Gasteiger partial charge in [0.15, 0.2) is 5.76 Å². The zero-order chi connectivity index (χ0) is 18.2. The maximum Gasteiger partial charge on any atom is 0.287 e. The Bertz CT molecular complexity index is 734. The SMILES string of the molecule is Cc1oc(C(=O)NC2CCCC(C)C2C)cc1S(=O)(=O)N1CCCC1. The van der Waals surface area contributed by atoms with Gasteiger partial charge in [0, 0.05) is 25.2 Å². The number of furan rings is 1. The number of hydrogen-bond acceptors (Lipinski definition) is 4. The van der Waals surface area contributed by atoms with Crippen LogP contribution in [-0.4, -0.2) is 37.8 Å². The Morgan fingerprint density at radius 2 is 1.88 bits per heavy atom. The van der Waals surface area contributed by atoms with Gasteiger partial charge in [-0.25, -0.2) is 8.42 Å². The van der Waals surface area contributed by atoms with E-state index in [0.29, 0.717) is 24.9 Å². The first-order chi connectivity index (χ1) is 11.8. The number of carbonyl (C=O) groups excluding carboxylic acids is 1. The van der Waals surface area contributed by atoms with Gasteiger partial charge in [0.25, 0.3) is 5.91 Å². The van der Waals surface area contributed by atoms with Crippen LogP contribution in [0, 0.1) is 18.8 Å². The van der Waals surface area contributed by atoms with E-state index in [-0.39, 0.29) is 28.4 Å². The number of aryl methyl sites for hydroxylation is 1. The van der Waals surface area contributed by atoms with Crippen LogP contribution in [0.15, 0.2) is 15.4 Å². The van der Waals surface area contributed by atoms with E-state index >= 15 is 0 Å². The number of nitrogens with zero attached hydrogens (tertiary/aromatic N) is 1. The molecule has 1 aromatic heterocycles. The van der Waals surface area contributed by atoms with E-state index in [2.05, 4.69) is 19.2 Å². The number of hydrogen-bond donors (Lipinski definition) is 1. The molecule has 1 aliphatic carbocycles. The van der Waals surface area contributed by atoms with Crippen LogP contribution in [0.4, 0.5) is 0 Å². The van der Waals surface area contributed by atoms with Crippen LogP contribution in [0.1, 0.15) is 62.3 Å². The first-order valence-corrected chi connectivity index (χ1v) is 10.7. The highest BCUT2D eigenvalue weighted by Crippen LogP contribution is 2.30. The molecular weight excluding hydrogens is 340 g/mol. The van der Waals surface area contributed by atoms with Crippen molar-refractivity contribution >= 4 is 15.9 Å². The van der Waals surface area contributed by atoms with Crippen LogP contribution in [-0.2, 0) is 10.0 Å². The third-order valence-corrected chi connectivity index (χ3v) is 7.81. The Hall–Kier alpha value is -1.34. The minimum atomic E-state index is -3.58. The summed E-state index contributed by atoms with van der Waals surface area (Å²) >= 11 is 0. The maximum atomic E-state index is 12.7. The van der Waals surface area contributed by atoms with Gasteiger partial charge in [-0.15, -0.1) is 0 Å². The van der Waals surface area contributed by atoms with Crippen LogP contribution in [0.3, 0.4) is 0 Å². The van der Waals surface area contributed by atoms with Crippen LogP contribution >= 0.6 is 0 Å². The number of carbonyl (C=O) groups is 1. The zero-order valence-corrected chi connectivity index (χ0v) is 16.1. The summed E-state index contributed by atoms with van der Waals surface area (Å²) in [6.07, 6.45) is 4.99. The molecule has 25 heavy (non-hydrogen) atoms. The molecule has 3 atom stereocenters. The van der Waals surface area contributed by atoms with Gasteiger partial charge in [0.05, 0.1) is 0 Å².